The second kappa shape index (κ2) is 5.89. The molecule has 6 heteroatoms. The number of nitrogens with two attached hydrogens (primary N) is 1. The molecule has 0 aliphatic carbocycles. The number of morpholine rings is 1. The van der Waals surface area contributed by atoms with Crippen molar-refractivity contribution in [3.05, 3.63) is 0 Å². The second-order valence-corrected chi connectivity index (χ2v) is 3.86. The number of oxime groups is 1. The zero-order valence-electron chi connectivity index (χ0n) is 8.96. The molecule has 2 atom stereocenters. The normalized spacial score (nSPS) is 26.5. The highest BCUT2D eigenvalue weighted by molar-refractivity contribution is 5.82. The predicted octanol–water partition coefficient (Wildman–Crippen LogP) is -0.938. The van der Waals surface area contributed by atoms with Gasteiger partial charge in [0.1, 0.15) is 5.84 Å². The Hall–Kier alpha value is -0.850. The zero-order valence-corrected chi connectivity index (χ0v) is 8.96. The number of ether oxygens (including phenoxy) is 1. The van der Waals surface area contributed by atoms with Crippen LogP contribution in [0, 0.1) is 5.92 Å². The molecule has 1 aliphatic heterocycles. The van der Waals surface area contributed by atoms with Crippen molar-refractivity contribution in [2.24, 2.45) is 16.8 Å². The van der Waals surface area contributed by atoms with Crippen LogP contribution >= 0.6 is 0 Å². The zero-order chi connectivity index (χ0) is 11.3. The maximum Gasteiger partial charge on any atom is 0.143 e. The van der Waals surface area contributed by atoms with Crippen LogP contribution in [0.2, 0.25) is 0 Å². The van der Waals surface area contributed by atoms with Gasteiger partial charge >= 0.3 is 0 Å². The number of hydrogen-bond acceptors (Lipinski definition) is 5. The molecule has 1 fully saturated rings. The van der Waals surface area contributed by atoms with Crippen molar-refractivity contribution in [1.82, 2.24) is 4.90 Å². The first kappa shape index (κ1) is 12.2. The summed E-state index contributed by atoms with van der Waals surface area (Å²) in [5.41, 5.74) is 5.49. The maximum atomic E-state index is 8.96. The van der Waals surface area contributed by atoms with E-state index in [9.17, 15) is 0 Å². The summed E-state index contributed by atoms with van der Waals surface area (Å²) in [5.74, 6) is 0.245. The molecule has 6 nitrogen and oxygen atoms in total. The van der Waals surface area contributed by atoms with Gasteiger partial charge in [0.25, 0.3) is 0 Å². The van der Waals surface area contributed by atoms with Gasteiger partial charge < -0.3 is 20.8 Å². The van der Waals surface area contributed by atoms with Crippen molar-refractivity contribution in [2.75, 3.05) is 32.8 Å². The van der Waals surface area contributed by atoms with Gasteiger partial charge in [-0.3, -0.25) is 4.90 Å². The number of aliphatic hydroxyl groups is 1. The Kier molecular flexibility index (Phi) is 4.80. The molecule has 88 valence electrons. The molecule has 1 aliphatic rings. The summed E-state index contributed by atoms with van der Waals surface area (Å²) < 4.78 is 5.32. The number of rotatable bonds is 4. The van der Waals surface area contributed by atoms with E-state index in [-0.39, 0.29) is 24.5 Å². The molecule has 0 amide bonds. The lowest BCUT2D eigenvalue weighted by molar-refractivity contribution is -0.0540. The molecule has 15 heavy (non-hydrogen) atoms. The smallest absolute Gasteiger partial charge is 0.143 e. The van der Waals surface area contributed by atoms with Gasteiger partial charge in [-0.25, -0.2) is 0 Å². The summed E-state index contributed by atoms with van der Waals surface area (Å²) >= 11 is 0. The van der Waals surface area contributed by atoms with Crippen LogP contribution in [0.1, 0.15) is 6.92 Å². The Morgan fingerprint density at radius 1 is 1.73 bits per heavy atom. The van der Waals surface area contributed by atoms with Gasteiger partial charge in [0.05, 0.1) is 19.3 Å². The van der Waals surface area contributed by atoms with Crippen LogP contribution in [0.3, 0.4) is 0 Å². The van der Waals surface area contributed by atoms with E-state index in [1.54, 1.807) is 0 Å². The number of hydrogen-bond donors (Lipinski definition) is 3. The Labute approximate surface area is 89.3 Å². The first-order chi connectivity index (χ1) is 7.17. The van der Waals surface area contributed by atoms with E-state index in [0.717, 1.165) is 13.1 Å². The Balaban J connectivity index is 2.37. The molecule has 0 radical (unpaired) electrons. The fourth-order valence-electron chi connectivity index (χ4n) is 1.64. The molecule has 1 rings (SSSR count). The third kappa shape index (κ3) is 3.65. The molecule has 1 saturated heterocycles. The quantitative estimate of drug-likeness (QED) is 0.245. The lowest BCUT2D eigenvalue weighted by Crippen LogP contribution is -2.47. The van der Waals surface area contributed by atoms with Crippen LogP contribution in [0.4, 0.5) is 0 Å². The largest absolute Gasteiger partial charge is 0.409 e. The molecule has 1 heterocycles. The topological polar surface area (TPSA) is 91.3 Å². The first-order valence-electron chi connectivity index (χ1n) is 5.09. The van der Waals surface area contributed by atoms with Gasteiger partial charge in [-0.05, 0) is 0 Å². The Morgan fingerprint density at radius 3 is 3.07 bits per heavy atom. The average Bonchev–Trinajstić information content (AvgIpc) is 2.28. The first-order valence-corrected chi connectivity index (χ1v) is 5.09. The maximum absolute atomic E-state index is 8.96. The summed E-state index contributed by atoms with van der Waals surface area (Å²) in [5, 5.41) is 20.5. The lowest BCUT2D eigenvalue weighted by Gasteiger charge is -2.33. The van der Waals surface area contributed by atoms with E-state index in [1.807, 2.05) is 6.92 Å². The van der Waals surface area contributed by atoms with E-state index in [0.29, 0.717) is 13.2 Å². The van der Waals surface area contributed by atoms with Crippen molar-refractivity contribution >= 4 is 5.84 Å². The lowest BCUT2D eigenvalue weighted by atomic mass is 10.1. The Bertz CT molecular complexity index is 223. The average molecular weight is 217 g/mol. The van der Waals surface area contributed by atoms with Crippen LogP contribution in [0.25, 0.3) is 0 Å². The summed E-state index contributed by atoms with van der Waals surface area (Å²) in [6.45, 7) is 4.79. The van der Waals surface area contributed by atoms with E-state index < -0.39 is 0 Å². The van der Waals surface area contributed by atoms with Gasteiger partial charge in [0.2, 0.25) is 0 Å². The molecular weight excluding hydrogens is 198 g/mol. The van der Waals surface area contributed by atoms with E-state index >= 15 is 0 Å². The molecule has 0 aromatic heterocycles. The van der Waals surface area contributed by atoms with E-state index in [2.05, 4.69) is 10.1 Å². The molecule has 0 aromatic carbocycles. The molecule has 0 aromatic rings. The van der Waals surface area contributed by atoms with Crippen molar-refractivity contribution in [2.45, 2.75) is 13.0 Å². The molecule has 0 saturated carbocycles. The minimum atomic E-state index is -0.113. The van der Waals surface area contributed by atoms with Crippen LogP contribution in [0.15, 0.2) is 5.16 Å². The SMILES string of the molecule is CC(CN1CCOC(CO)C1)C(N)=NO. The van der Waals surface area contributed by atoms with E-state index in [4.69, 9.17) is 20.8 Å². The standard InChI is InChI=1S/C9H19N3O3/c1-7(9(10)11-14)4-12-2-3-15-8(5-12)6-13/h7-8,13-14H,2-6H2,1H3,(H2,10,11). The van der Waals surface area contributed by atoms with Crippen molar-refractivity contribution in [3.8, 4) is 0 Å². The highest BCUT2D eigenvalue weighted by atomic mass is 16.5. The third-order valence-corrected chi connectivity index (χ3v) is 2.58. The summed E-state index contributed by atoms with van der Waals surface area (Å²) in [6, 6.07) is 0. The fraction of sp³-hybridized carbons (Fsp3) is 0.889. The predicted molar refractivity (Wildman–Crippen MR) is 55.8 cm³/mol. The second-order valence-electron chi connectivity index (χ2n) is 3.86. The number of aliphatic hydroxyl groups excluding tert-OH is 1. The van der Waals surface area contributed by atoms with Gasteiger partial charge in [0, 0.05) is 25.6 Å². The summed E-state index contributed by atoms with van der Waals surface area (Å²) in [4.78, 5) is 2.15. The van der Waals surface area contributed by atoms with E-state index in [1.165, 1.54) is 0 Å². The van der Waals surface area contributed by atoms with Crippen molar-refractivity contribution in [1.29, 1.82) is 0 Å². The third-order valence-electron chi connectivity index (χ3n) is 2.58. The molecular formula is C9H19N3O3. The fourth-order valence-corrected chi connectivity index (χ4v) is 1.64. The van der Waals surface area contributed by atoms with Crippen LogP contribution in [0.5, 0.6) is 0 Å². The molecule has 2 unspecified atom stereocenters. The minimum absolute atomic E-state index is 0.00689. The van der Waals surface area contributed by atoms with Gasteiger partial charge in [-0.2, -0.15) is 0 Å². The van der Waals surface area contributed by atoms with Gasteiger partial charge in [-0.15, -0.1) is 0 Å². The van der Waals surface area contributed by atoms with Crippen molar-refractivity contribution in [3.63, 3.8) is 0 Å². The summed E-state index contributed by atoms with van der Waals surface area (Å²) in [6.07, 6.45) is -0.113. The molecule has 4 N–H and O–H groups in total. The van der Waals surface area contributed by atoms with Crippen LogP contribution in [-0.2, 0) is 4.74 Å². The van der Waals surface area contributed by atoms with Crippen LogP contribution < -0.4 is 5.73 Å². The molecule has 0 spiro atoms. The number of amidine groups is 1. The highest BCUT2D eigenvalue weighted by Gasteiger charge is 2.22. The van der Waals surface area contributed by atoms with Gasteiger partial charge in [0.15, 0.2) is 0 Å². The Morgan fingerprint density at radius 2 is 2.47 bits per heavy atom. The van der Waals surface area contributed by atoms with Crippen LogP contribution in [-0.4, -0.2) is 60.0 Å². The minimum Gasteiger partial charge on any atom is -0.409 e. The van der Waals surface area contributed by atoms with Gasteiger partial charge in [-0.1, -0.05) is 12.1 Å². The van der Waals surface area contributed by atoms with Crippen molar-refractivity contribution < 1.29 is 15.1 Å². The highest BCUT2D eigenvalue weighted by Crippen LogP contribution is 2.07. The summed E-state index contributed by atoms with van der Waals surface area (Å²) in [7, 11) is 0. The molecule has 0 bridgehead atoms. The monoisotopic (exact) mass is 217 g/mol. The number of nitrogens with zero attached hydrogens (tertiary/aromatic N) is 2.